The van der Waals surface area contributed by atoms with Crippen LogP contribution in [-0.4, -0.2) is 11.7 Å². The Balaban J connectivity index is 1.09. The van der Waals surface area contributed by atoms with Crippen molar-refractivity contribution in [2.45, 2.75) is 18.5 Å². The van der Waals surface area contributed by atoms with Gasteiger partial charge in [-0.2, -0.15) is 5.26 Å². The number of aliphatic imine (C=N–C) groups is 2. The number of amidine groups is 2. The average Bonchev–Trinajstić information content (AvgIpc) is 3.18. The van der Waals surface area contributed by atoms with Crippen molar-refractivity contribution in [3.8, 4) is 17.2 Å². The van der Waals surface area contributed by atoms with Crippen LogP contribution in [0, 0.1) is 11.3 Å². The second-order valence-corrected chi connectivity index (χ2v) is 12.1. The van der Waals surface area contributed by atoms with Gasteiger partial charge in [0, 0.05) is 17.0 Å². The van der Waals surface area contributed by atoms with Gasteiger partial charge in [0.2, 0.25) is 0 Å². The molecule has 6 aromatic carbocycles. The summed E-state index contributed by atoms with van der Waals surface area (Å²) < 4.78 is 0. The van der Waals surface area contributed by atoms with Gasteiger partial charge in [-0.25, -0.2) is 9.98 Å². The monoisotopic (exact) mass is 616 g/mol. The van der Waals surface area contributed by atoms with Crippen LogP contribution in [0.5, 0.6) is 0 Å². The third kappa shape index (κ3) is 5.75. The minimum Gasteiger partial charge on any atom is -0.324 e. The first-order valence-corrected chi connectivity index (χ1v) is 16.3. The molecule has 4 nitrogen and oxygen atoms in total. The number of nitriles is 1. The number of rotatable bonds is 6. The molecule has 0 saturated carbocycles. The number of allylic oxidation sites excluding steroid dienone is 4. The molecule has 0 saturated heterocycles. The molecule has 0 amide bonds. The molecule has 0 fully saturated rings. The van der Waals surface area contributed by atoms with Crippen molar-refractivity contribution in [1.29, 1.82) is 5.26 Å². The molecule has 0 radical (unpaired) electrons. The Labute approximate surface area is 280 Å². The summed E-state index contributed by atoms with van der Waals surface area (Å²) >= 11 is 0. The summed E-state index contributed by atoms with van der Waals surface area (Å²) in [6.07, 6.45) is 7.41. The van der Waals surface area contributed by atoms with Crippen LogP contribution in [0.25, 0.3) is 27.5 Å². The Morgan fingerprint density at radius 1 is 0.583 bits per heavy atom. The molecule has 8 rings (SSSR count). The fourth-order valence-corrected chi connectivity index (χ4v) is 6.63. The van der Waals surface area contributed by atoms with E-state index >= 15 is 0 Å². The highest BCUT2D eigenvalue weighted by Crippen LogP contribution is 2.37. The maximum absolute atomic E-state index is 9.34. The first-order valence-electron chi connectivity index (χ1n) is 16.3. The molecule has 228 valence electrons. The second kappa shape index (κ2) is 12.8. The van der Waals surface area contributed by atoms with Crippen molar-refractivity contribution in [2.75, 3.05) is 0 Å². The van der Waals surface area contributed by atoms with Gasteiger partial charge in [0.1, 0.15) is 11.7 Å². The van der Waals surface area contributed by atoms with Gasteiger partial charge in [0.05, 0.1) is 11.6 Å². The first kappa shape index (κ1) is 29.1. The Kier molecular flexibility index (Phi) is 7.78. The molecule has 1 heterocycles. The van der Waals surface area contributed by atoms with Crippen molar-refractivity contribution in [3.05, 3.63) is 197 Å². The Morgan fingerprint density at radius 3 is 1.88 bits per heavy atom. The fraction of sp³-hybridized carbons (Fsp3) is 0.0682. The van der Waals surface area contributed by atoms with E-state index in [1.807, 2.05) is 54.6 Å². The molecule has 6 aromatic rings. The molecule has 2 unspecified atom stereocenters. The highest BCUT2D eigenvalue weighted by atomic mass is 15.2. The second-order valence-electron chi connectivity index (χ2n) is 12.1. The topological polar surface area (TPSA) is 60.5 Å². The summed E-state index contributed by atoms with van der Waals surface area (Å²) in [7, 11) is 0. The highest BCUT2D eigenvalue weighted by Gasteiger charge is 2.21. The average molecular weight is 617 g/mol. The molecule has 48 heavy (non-hydrogen) atoms. The normalized spacial score (nSPS) is 17.1. The third-order valence-electron chi connectivity index (χ3n) is 9.13. The zero-order valence-corrected chi connectivity index (χ0v) is 26.3. The van der Waals surface area contributed by atoms with Crippen molar-refractivity contribution in [3.63, 3.8) is 0 Å². The van der Waals surface area contributed by atoms with Crippen molar-refractivity contribution >= 4 is 28.0 Å². The van der Waals surface area contributed by atoms with Crippen LogP contribution >= 0.6 is 0 Å². The smallest absolute Gasteiger partial charge is 0.169 e. The van der Waals surface area contributed by atoms with Gasteiger partial charge in [-0.15, -0.1) is 0 Å². The number of nitrogens with one attached hydrogen (secondary N) is 1. The van der Waals surface area contributed by atoms with Crippen LogP contribution in [-0.2, 0) is 0 Å². The van der Waals surface area contributed by atoms with Crippen LogP contribution in [0.3, 0.4) is 0 Å². The van der Waals surface area contributed by atoms with Gasteiger partial charge >= 0.3 is 0 Å². The summed E-state index contributed by atoms with van der Waals surface area (Å²) in [4.78, 5) is 10.0. The number of fused-ring (bicyclic) bond motifs is 1. The number of hydrogen-bond donors (Lipinski definition) is 1. The predicted octanol–water partition coefficient (Wildman–Crippen LogP) is 10.0. The first-order chi connectivity index (χ1) is 23.7. The van der Waals surface area contributed by atoms with Crippen molar-refractivity contribution in [2.24, 2.45) is 9.98 Å². The lowest BCUT2D eigenvalue weighted by Gasteiger charge is -2.22. The van der Waals surface area contributed by atoms with Crippen LogP contribution in [0.15, 0.2) is 174 Å². The molecule has 0 bridgehead atoms. The maximum Gasteiger partial charge on any atom is 0.169 e. The molecule has 0 aromatic heterocycles. The molecule has 0 spiro atoms. The summed E-state index contributed by atoms with van der Waals surface area (Å²) in [5.74, 6) is 1.89. The number of nitrogens with zero attached hydrogens (tertiary/aromatic N) is 3. The van der Waals surface area contributed by atoms with E-state index in [-0.39, 0.29) is 12.1 Å². The van der Waals surface area contributed by atoms with E-state index in [0.29, 0.717) is 5.56 Å². The molecule has 2 atom stereocenters. The quantitative estimate of drug-likeness (QED) is 0.202. The molecular weight excluding hydrogens is 585 g/mol. The van der Waals surface area contributed by atoms with Gasteiger partial charge in [0.15, 0.2) is 6.17 Å². The standard InChI is InChI=1S/C44H32N4/c45-29-30-10-9-15-37(28-30)31-18-20-32(21-19-31)38-26-27-39(41-17-8-7-16-40(38)41)33-22-24-36(25-23-33)44-47-42(34-11-3-1-4-12-34)46-43(48-44)35-13-5-2-6-14-35/h1-18,20-28,31,42H,19H2,(H,46,47,48). The molecular formula is C44H32N4. The van der Waals surface area contributed by atoms with E-state index in [0.717, 1.165) is 40.3 Å². The van der Waals surface area contributed by atoms with E-state index in [2.05, 4.69) is 121 Å². The van der Waals surface area contributed by atoms with Crippen LogP contribution < -0.4 is 5.32 Å². The lowest BCUT2D eigenvalue weighted by molar-refractivity contribution is 0.756. The van der Waals surface area contributed by atoms with E-state index in [1.54, 1.807) is 0 Å². The van der Waals surface area contributed by atoms with Crippen molar-refractivity contribution < 1.29 is 0 Å². The van der Waals surface area contributed by atoms with Gasteiger partial charge in [-0.1, -0.05) is 152 Å². The van der Waals surface area contributed by atoms with E-state index in [4.69, 9.17) is 9.98 Å². The van der Waals surface area contributed by atoms with Gasteiger partial charge in [0.25, 0.3) is 0 Å². The molecule has 2 aliphatic rings. The lowest BCUT2D eigenvalue weighted by Crippen LogP contribution is -2.36. The van der Waals surface area contributed by atoms with Crippen LogP contribution in [0.1, 0.15) is 51.9 Å². The van der Waals surface area contributed by atoms with Gasteiger partial charge in [-0.05, 0) is 62.7 Å². The fourth-order valence-electron chi connectivity index (χ4n) is 6.63. The lowest BCUT2D eigenvalue weighted by atomic mass is 9.85. The van der Waals surface area contributed by atoms with E-state index in [1.165, 1.54) is 33.0 Å². The van der Waals surface area contributed by atoms with Gasteiger partial charge in [-0.3, -0.25) is 0 Å². The minimum atomic E-state index is -0.324. The molecule has 1 N–H and O–H groups in total. The SMILES string of the molecule is N#Cc1cccc(C2C=CC(c3ccc(-c4ccc(C5=NC(c6ccccc6)N=C(c6ccccc6)N5)cc4)c4ccccc34)=CC2)c1. The predicted molar refractivity (Wildman–Crippen MR) is 197 cm³/mol. The largest absolute Gasteiger partial charge is 0.324 e. The zero-order chi connectivity index (χ0) is 32.3. The number of benzene rings is 6. The third-order valence-corrected chi connectivity index (χ3v) is 9.13. The van der Waals surface area contributed by atoms with Crippen molar-refractivity contribution in [1.82, 2.24) is 5.32 Å². The summed E-state index contributed by atoms with van der Waals surface area (Å²) in [5.41, 5.74) is 9.78. The summed E-state index contributed by atoms with van der Waals surface area (Å²) in [6.45, 7) is 0. The van der Waals surface area contributed by atoms with Gasteiger partial charge < -0.3 is 5.32 Å². The highest BCUT2D eigenvalue weighted by molar-refractivity contribution is 6.16. The van der Waals surface area contributed by atoms with Crippen LogP contribution in [0.4, 0.5) is 0 Å². The molecule has 4 heteroatoms. The summed E-state index contributed by atoms with van der Waals surface area (Å²) in [5, 5.41) is 15.3. The minimum absolute atomic E-state index is 0.271. The van der Waals surface area contributed by atoms with E-state index in [9.17, 15) is 5.26 Å². The number of hydrogen-bond acceptors (Lipinski definition) is 4. The maximum atomic E-state index is 9.34. The Morgan fingerprint density at radius 2 is 1.19 bits per heavy atom. The Hall–Kier alpha value is -6.31. The van der Waals surface area contributed by atoms with E-state index < -0.39 is 0 Å². The summed E-state index contributed by atoms with van der Waals surface area (Å²) in [6, 6.07) is 52.5. The Bertz CT molecular complexity index is 2290. The molecule has 1 aliphatic heterocycles. The molecule has 1 aliphatic carbocycles. The van der Waals surface area contributed by atoms with Crippen LogP contribution in [0.2, 0.25) is 0 Å². The zero-order valence-electron chi connectivity index (χ0n) is 26.3.